The molecule has 0 aliphatic rings. The van der Waals surface area contributed by atoms with Crippen molar-refractivity contribution < 1.29 is 9.47 Å². The molecule has 0 N–H and O–H groups in total. The highest BCUT2D eigenvalue weighted by atomic mass is 16.5. The number of hydrogen-bond acceptors (Lipinski definition) is 2. The van der Waals surface area contributed by atoms with Gasteiger partial charge in [0.15, 0.2) is 11.9 Å². The molecule has 2 aromatic rings. The van der Waals surface area contributed by atoms with Gasteiger partial charge in [-0.2, -0.15) is 4.73 Å². The van der Waals surface area contributed by atoms with E-state index in [4.69, 9.17) is 11.3 Å². The third-order valence-corrected chi connectivity index (χ3v) is 2.19. The first-order valence-corrected chi connectivity index (χ1v) is 4.33. The number of nitrogens with zero attached hydrogens (tertiary/aromatic N) is 2. The normalized spacial score (nSPS) is 9.87. The quantitative estimate of drug-likeness (QED) is 0.401. The molecule has 0 spiro atoms. The van der Waals surface area contributed by atoms with Crippen molar-refractivity contribution >= 4 is 16.6 Å². The summed E-state index contributed by atoms with van der Waals surface area (Å²) in [5, 5.41) is 12.2. The summed E-state index contributed by atoms with van der Waals surface area (Å²) in [6.07, 6.45) is 1.37. The molecule has 0 aliphatic heterocycles. The molecule has 0 fully saturated rings. The van der Waals surface area contributed by atoms with Crippen LogP contribution in [-0.4, -0.2) is 7.11 Å². The van der Waals surface area contributed by atoms with Gasteiger partial charge in [-0.1, -0.05) is 12.1 Å². The molecule has 4 heteroatoms. The molecule has 15 heavy (non-hydrogen) atoms. The van der Waals surface area contributed by atoms with E-state index in [1.54, 1.807) is 31.4 Å². The molecular formula is C11H8N2O2. The Morgan fingerprint density at radius 1 is 1.40 bits per heavy atom. The van der Waals surface area contributed by atoms with Gasteiger partial charge in [0.2, 0.25) is 5.52 Å². The minimum Gasteiger partial charge on any atom is -0.618 e. The van der Waals surface area contributed by atoms with Crippen molar-refractivity contribution in [2.24, 2.45) is 0 Å². The predicted octanol–water partition coefficient (Wildman–Crippen LogP) is 2.03. The largest absolute Gasteiger partial charge is 0.618 e. The van der Waals surface area contributed by atoms with Crippen molar-refractivity contribution in [1.82, 2.24) is 0 Å². The molecule has 4 nitrogen and oxygen atoms in total. The van der Waals surface area contributed by atoms with Gasteiger partial charge in [0.1, 0.15) is 5.75 Å². The Kier molecular flexibility index (Phi) is 2.14. The first kappa shape index (κ1) is 9.28. The SMILES string of the molecule is [C-]#[N+]c1ccc2c(OC)cc[n+]([O-])c2c1. The van der Waals surface area contributed by atoms with E-state index in [0.29, 0.717) is 22.3 Å². The van der Waals surface area contributed by atoms with Crippen molar-refractivity contribution in [3.05, 3.63) is 47.1 Å². The van der Waals surface area contributed by atoms with Crippen LogP contribution in [0.1, 0.15) is 0 Å². The Hall–Kier alpha value is -2.28. The van der Waals surface area contributed by atoms with E-state index in [1.807, 2.05) is 0 Å². The summed E-state index contributed by atoms with van der Waals surface area (Å²) in [5.74, 6) is 0.633. The molecule has 0 bridgehead atoms. The second kappa shape index (κ2) is 3.46. The average molecular weight is 200 g/mol. The standard InChI is InChI=1S/C11H8N2O2/c1-12-8-3-4-9-10(7-8)13(14)6-5-11(9)15-2/h3-7H,2H3. The lowest BCUT2D eigenvalue weighted by atomic mass is 10.2. The molecular weight excluding hydrogens is 192 g/mol. The highest BCUT2D eigenvalue weighted by molar-refractivity contribution is 5.85. The third kappa shape index (κ3) is 1.44. The van der Waals surface area contributed by atoms with Crippen molar-refractivity contribution in [2.45, 2.75) is 0 Å². The van der Waals surface area contributed by atoms with Crippen LogP contribution in [0.2, 0.25) is 0 Å². The van der Waals surface area contributed by atoms with Gasteiger partial charge in [0, 0.05) is 12.1 Å². The van der Waals surface area contributed by atoms with Crippen molar-refractivity contribution in [3.63, 3.8) is 0 Å². The van der Waals surface area contributed by atoms with Crippen LogP contribution in [0.4, 0.5) is 5.69 Å². The lowest BCUT2D eigenvalue weighted by Gasteiger charge is -2.05. The lowest BCUT2D eigenvalue weighted by molar-refractivity contribution is -0.577. The predicted molar refractivity (Wildman–Crippen MR) is 55.7 cm³/mol. The topological polar surface area (TPSA) is 40.5 Å². The molecule has 0 saturated heterocycles. The van der Waals surface area contributed by atoms with Gasteiger partial charge in [-0.25, -0.2) is 4.85 Å². The summed E-state index contributed by atoms with van der Waals surface area (Å²) in [6, 6.07) is 6.54. The number of hydrogen-bond donors (Lipinski definition) is 0. The minimum atomic E-state index is 0.445. The van der Waals surface area contributed by atoms with Gasteiger partial charge in [-0.05, 0) is 0 Å². The van der Waals surface area contributed by atoms with Crippen molar-refractivity contribution in [3.8, 4) is 5.75 Å². The number of ether oxygens (including phenoxy) is 1. The van der Waals surface area contributed by atoms with Crippen LogP contribution in [-0.2, 0) is 0 Å². The van der Waals surface area contributed by atoms with E-state index in [2.05, 4.69) is 4.85 Å². The molecule has 0 radical (unpaired) electrons. The van der Waals surface area contributed by atoms with Crippen LogP contribution in [0.5, 0.6) is 5.75 Å². The number of fused-ring (bicyclic) bond motifs is 1. The maximum atomic E-state index is 11.5. The lowest BCUT2D eigenvalue weighted by Crippen LogP contribution is -2.25. The van der Waals surface area contributed by atoms with Gasteiger partial charge >= 0.3 is 0 Å². The zero-order chi connectivity index (χ0) is 10.8. The smallest absolute Gasteiger partial charge is 0.217 e. The van der Waals surface area contributed by atoms with E-state index < -0.39 is 0 Å². The molecule has 1 aromatic carbocycles. The Morgan fingerprint density at radius 2 is 2.20 bits per heavy atom. The first-order chi connectivity index (χ1) is 7.26. The number of rotatable bonds is 1. The van der Waals surface area contributed by atoms with E-state index in [-0.39, 0.29) is 0 Å². The summed E-state index contributed by atoms with van der Waals surface area (Å²) in [4.78, 5) is 3.27. The number of aromatic nitrogens is 1. The highest BCUT2D eigenvalue weighted by Crippen LogP contribution is 2.25. The second-order valence-electron chi connectivity index (χ2n) is 3.02. The Labute approximate surface area is 86.7 Å². The second-order valence-corrected chi connectivity index (χ2v) is 3.02. The molecule has 2 rings (SSSR count). The Bertz CT molecular complexity index is 558. The fourth-order valence-corrected chi connectivity index (χ4v) is 1.46. The molecule has 1 heterocycles. The summed E-state index contributed by atoms with van der Waals surface area (Å²) in [5.41, 5.74) is 0.892. The molecule has 0 unspecified atom stereocenters. The summed E-state index contributed by atoms with van der Waals surface area (Å²) >= 11 is 0. The average Bonchev–Trinajstić information content (AvgIpc) is 2.29. The minimum absolute atomic E-state index is 0.445. The van der Waals surface area contributed by atoms with Crippen molar-refractivity contribution in [2.75, 3.05) is 7.11 Å². The Morgan fingerprint density at radius 3 is 2.87 bits per heavy atom. The van der Waals surface area contributed by atoms with Crippen LogP contribution in [0.3, 0.4) is 0 Å². The summed E-state index contributed by atoms with van der Waals surface area (Å²) < 4.78 is 5.85. The zero-order valence-corrected chi connectivity index (χ0v) is 8.10. The zero-order valence-electron chi connectivity index (χ0n) is 8.10. The van der Waals surface area contributed by atoms with Gasteiger partial charge in [0.05, 0.1) is 19.1 Å². The fraction of sp³-hybridized carbons (Fsp3) is 0.0909. The van der Waals surface area contributed by atoms with Crippen molar-refractivity contribution in [1.29, 1.82) is 0 Å². The van der Waals surface area contributed by atoms with E-state index in [9.17, 15) is 5.21 Å². The van der Waals surface area contributed by atoms with Crippen LogP contribution in [0.15, 0.2) is 30.5 Å². The molecule has 0 atom stereocenters. The Balaban J connectivity index is 2.83. The molecule has 74 valence electrons. The fourth-order valence-electron chi connectivity index (χ4n) is 1.46. The van der Waals surface area contributed by atoms with E-state index >= 15 is 0 Å². The highest BCUT2D eigenvalue weighted by Gasteiger charge is 2.09. The molecule has 1 aromatic heterocycles. The van der Waals surface area contributed by atoms with Gasteiger partial charge in [-0.3, -0.25) is 0 Å². The number of methoxy groups -OCH3 is 1. The van der Waals surface area contributed by atoms with E-state index in [1.165, 1.54) is 6.20 Å². The van der Waals surface area contributed by atoms with Gasteiger partial charge in [0.25, 0.3) is 0 Å². The first-order valence-electron chi connectivity index (χ1n) is 4.33. The van der Waals surface area contributed by atoms with E-state index in [0.717, 1.165) is 4.73 Å². The monoisotopic (exact) mass is 200 g/mol. The third-order valence-electron chi connectivity index (χ3n) is 2.19. The van der Waals surface area contributed by atoms with Crippen LogP contribution in [0, 0.1) is 11.8 Å². The molecule has 0 amide bonds. The van der Waals surface area contributed by atoms with Gasteiger partial charge < -0.3 is 9.94 Å². The maximum absolute atomic E-state index is 11.5. The number of benzene rings is 1. The molecule has 0 aliphatic carbocycles. The van der Waals surface area contributed by atoms with Crippen LogP contribution < -0.4 is 9.47 Å². The summed E-state index contributed by atoms with van der Waals surface area (Å²) in [6.45, 7) is 6.87. The van der Waals surface area contributed by atoms with Crippen LogP contribution >= 0.6 is 0 Å². The maximum Gasteiger partial charge on any atom is 0.217 e. The number of pyridine rings is 1. The summed E-state index contributed by atoms with van der Waals surface area (Å²) in [7, 11) is 1.55. The molecule has 0 saturated carbocycles. The van der Waals surface area contributed by atoms with Crippen LogP contribution in [0.25, 0.3) is 15.7 Å². The van der Waals surface area contributed by atoms with Gasteiger partial charge in [-0.15, -0.1) is 0 Å².